The Morgan fingerprint density at radius 2 is 2.05 bits per heavy atom. The van der Waals surface area contributed by atoms with E-state index in [0.717, 1.165) is 10.7 Å². The number of Topliss-reactive ketones (excluding diaryl/α,β-unsaturated/α-hetero) is 1. The second-order valence-corrected chi connectivity index (χ2v) is 6.10. The lowest BCUT2D eigenvalue weighted by atomic mass is 9.99. The van der Waals surface area contributed by atoms with Crippen molar-refractivity contribution < 1.29 is 14.4 Å². The molecule has 1 aromatic carbocycles. The Morgan fingerprint density at radius 1 is 1.30 bits per heavy atom. The van der Waals surface area contributed by atoms with Gasteiger partial charge in [-0.15, -0.1) is 0 Å². The maximum absolute atomic E-state index is 12.4. The Bertz CT molecular complexity index is 567. The molecule has 2 saturated heterocycles. The van der Waals surface area contributed by atoms with Crippen LogP contribution in [0.4, 0.5) is 4.79 Å². The number of carbonyl (C=O) groups is 3. The summed E-state index contributed by atoms with van der Waals surface area (Å²) in [5.41, 5.74) is -0.270. The quantitative estimate of drug-likeness (QED) is 0.673. The van der Waals surface area contributed by atoms with Gasteiger partial charge in [-0.25, -0.2) is 4.79 Å². The number of hydrogen-bond acceptors (Lipinski definition) is 4. The summed E-state index contributed by atoms with van der Waals surface area (Å²) in [4.78, 5) is 37.5. The van der Waals surface area contributed by atoms with Gasteiger partial charge in [0.25, 0.3) is 5.91 Å². The highest BCUT2D eigenvalue weighted by atomic mass is 32.2. The molecule has 0 bridgehead atoms. The predicted octanol–water partition coefficient (Wildman–Crippen LogP) is 1.30. The van der Waals surface area contributed by atoms with Gasteiger partial charge in [-0.2, -0.15) is 11.8 Å². The molecular weight excluding hydrogens is 276 g/mol. The third-order valence-corrected chi connectivity index (χ3v) is 4.85. The van der Waals surface area contributed by atoms with Crippen molar-refractivity contribution in [3.05, 3.63) is 35.9 Å². The van der Waals surface area contributed by atoms with E-state index in [0.29, 0.717) is 17.7 Å². The zero-order valence-electron chi connectivity index (χ0n) is 10.8. The number of ketones is 1. The normalized spacial score (nSPS) is 25.3. The fourth-order valence-electron chi connectivity index (χ4n) is 2.51. The molecule has 6 heteroatoms. The Labute approximate surface area is 120 Å². The van der Waals surface area contributed by atoms with Gasteiger partial charge in [0.15, 0.2) is 5.78 Å². The maximum atomic E-state index is 12.4. The van der Waals surface area contributed by atoms with Crippen LogP contribution in [0.2, 0.25) is 0 Å². The Kier molecular flexibility index (Phi) is 3.25. The monoisotopic (exact) mass is 290 g/mol. The average molecular weight is 290 g/mol. The van der Waals surface area contributed by atoms with Gasteiger partial charge in [0.2, 0.25) is 0 Å². The number of urea groups is 1. The van der Waals surface area contributed by atoms with Crippen LogP contribution in [0.5, 0.6) is 0 Å². The zero-order chi connectivity index (χ0) is 14.2. The number of carbonyl (C=O) groups excluding carboxylic acids is 3. The number of rotatable bonds is 3. The first-order valence-electron chi connectivity index (χ1n) is 6.42. The molecule has 2 aliphatic heterocycles. The number of amides is 3. The molecule has 5 nitrogen and oxygen atoms in total. The van der Waals surface area contributed by atoms with Crippen molar-refractivity contribution in [2.75, 3.05) is 18.1 Å². The first-order valence-corrected chi connectivity index (χ1v) is 7.58. The minimum absolute atomic E-state index is 0.193. The summed E-state index contributed by atoms with van der Waals surface area (Å²) < 4.78 is 0. The average Bonchev–Trinajstić information content (AvgIpc) is 3.01. The minimum atomic E-state index is -0.779. The molecule has 1 atom stereocenters. The lowest BCUT2D eigenvalue weighted by molar-refractivity contribution is -0.130. The maximum Gasteiger partial charge on any atom is 0.325 e. The van der Waals surface area contributed by atoms with Gasteiger partial charge >= 0.3 is 6.03 Å². The van der Waals surface area contributed by atoms with Crippen LogP contribution in [0.25, 0.3) is 0 Å². The van der Waals surface area contributed by atoms with E-state index in [9.17, 15) is 14.4 Å². The van der Waals surface area contributed by atoms with Crippen molar-refractivity contribution in [3.63, 3.8) is 0 Å². The SMILES string of the molecule is O=C(CN1C(=O)NC2(CCSC2)C1=O)c1ccccc1. The third kappa shape index (κ3) is 2.10. The van der Waals surface area contributed by atoms with E-state index in [1.54, 1.807) is 36.0 Å². The van der Waals surface area contributed by atoms with E-state index < -0.39 is 11.6 Å². The van der Waals surface area contributed by atoms with E-state index in [1.165, 1.54) is 0 Å². The fraction of sp³-hybridized carbons (Fsp3) is 0.357. The fourth-order valence-corrected chi connectivity index (χ4v) is 3.84. The highest BCUT2D eigenvalue weighted by Crippen LogP contribution is 2.33. The minimum Gasteiger partial charge on any atom is -0.322 e. The Hall–Kier alpha value is -1.82. The molecule has 2 heterocycles. The van der Waals surface area contributed by atoms with Crippen LogP contribution < -0.4 is 5.32 Å². The van der Waals surface area contributed by atoms with Crippen LogP contribution in [-0.4, -0.2) is 46.2 Å². The summed E-state index contributed by atoms with van der Waals surface area (Å²) in [5.74, 6) is 0.952. The van der Waals surface area contributed by atoms with Crippen molar-refractivity contribution in [1.82, 2.24) is 10.2 Å². The number of benzene rings is 1. The topological polar surface area (TPSA) is 66.5 Å². The van der Waals surface area contributed by atoms with Gasteiger partial charge in [0, 0.05) is 11.3 Å². The molecule has 1 N–H and O–H groups in total. The van der Waals surface area contributed by atoms with E-state index in [1.807, 2.05) is 6.07 Å². The number of thioether (sulfide) groups is 1. The van der Waals surface area contributed by atoms with Crippen LogP contribution in [0.1, 0.15) is 16.8 Å². The molecule has 1 aromatic rings. The summed E-state index contributed by atoms with van der Waals surface area (Å²) in [7, 11) is 0. The number of hydrogen-bond donors (Lipinski definition) is 1. The molecule has 0 radical (unpaired) electrons. The van der Waals surface area contributed by atoms with Crippen LogP contribution in [-0.2, 0) is 4.79 Å². The first-order chi connectivity index (χ1) is 9.62. The summed E-state index contributed by atoms with van der Waals surface area (Å²) in [6.07, 6.45) is 0.637. The van der Waals surface area contributed by atoms with Crippen LogP contribution in [0.15, 0.2) is 30.3 Å². The smallest absolute Gasteiger partial charge is 0.322 e. The molecule has 2 aliphatic rings. The van der Waals surface area contributed by atoms with Gasteiger partial charge in [-0.1, -0.05) is 30.3 Å². The van der Waals surface area contributed by atoms with Crippen LogP contribution in [0.3, 0.4) is 0 Å². The largest absolute Gasteiger partial charge is 0.325 e. The number of nitrogens with zero attached hydrogens (tertiary/aromatic N) is 1. The Balaban J connectivity index is 1.76. The molecular formula is C14H14N2O3S. The van der Waals surface area contributed by atoms with Crippen molar-refractivity contribution in [2.24, 2.45) is 0 Å². The van der Waals surface area contributed by atoms with Gasteiger partial charge in [-0.05, 0) is 12.2 Å². The molecule has 0 aromatic heterocycles. The number of nitrogens with one attached hydrogen (secondary N) is 1. The van der Waals surface area contributed by atoms with Gasteiger partial charge in [-0.3, -0.25) is 14.5 Å². The molecule has 3 rings (SSSR count). The van der Waals surface area contributed by atoms with Crippen LogP contribution in [0, 0.1) is 0 Å². The van der Waals surface area contributed by atoms with Crippen LogP contribution >= 0.6 is 11.8 Å². The number of imide groups is 1. The van der Waals surface area contributed by atoms with Gasteiger partial charge in [0.1, 0.15) is 5.54 Å². The Morgan fingerprint density at radius 3 is 2.70 bits per heavy atom. The third-order valence-electron chi connectivity index (χ3n) is 3.67. The van der Waals surface area contributed by atoms with E-state index in [2.05, 4.69) is 5.32 Å². The summed E-state index contributed by atoms with van der Waals surface area (Å²) in [5, 5.41) is 2.75. The highest BCUT2D eigenvalue weighted by molar-refractivity contribution is 7.99. The first kappa shape index (κ1) is 13.2. The van der Waals surface area contributed by atoms with Crippen molar-refractivity contribution >= 4 is 29.5 Å². The second kappa shape index (κ2) is 4.94. The van der Waals surface area contributed by atoms with Crippen molar-refractivity contribution in [1.29, 1.82) is 0 Å². The van der Waals surface area contributed by atoms with Gasteiger partial charge < -0.3 is 5.32 Å². The predicted molar refractivity (Wildman–Crippen MR) is 75.7 cm³/mol. The van der Waals surface area contributed by atoms with Crippen molar-refractivity contribution in [3.8, 4) is 0 Å². The molecule has 0 aliphatic carbocycles. The van der Waals surface area contributed by atoms with E-state index in [-0.39, 0.29) is 18.2 Å². The highest BCUT2D eigenvalue weighted by Gasteiger charge is 2.53. The standard InChI is InChI=1S/C14H14N2O3S/c17-11(10-4-2-1-3-5-10)8-16-12(18)14(15-13(16)19)6-7-20-9-14/h1-5H,6-9H2,(H,15,19). The van der Waals surface area contributed by atoms with Crippen molar-refractivity contribution in [2.45, 2.75) is 12.0 Å². The molecule has 3 amide bonds. The molecule has 1 unspecified atom stereocenters. The molecule has 20 heavy (non-hydrogen) atoms. The summed E-state index contributed by atoms with van der Waals surface area (Å²) in [6.45, 7) is -0.193. The molecule has 1 spiro atoms. The van der Waals surface area contributed by atoms with E-state index in [4.69, 9.17) is 0 Å². The lowest BCUT2D eigenvalue weighted by Gasteiger charge is -2.18. The molecule has 104 valence electrons. The lowest BCUT2D eigenvalue weighted by Crippen LogP contribution is -2.47. The second-order valence-electron chi connectivity index (χ2n) is 5.00. The summed E-state index contributed by atoms with van der Waals surface area (Å²) in [6, 6.07) is 8.24. The summed E-state index contributed by atoms with van der Waals surface area (Å²) >= 11 is 1.65. The zero-order valence-corrected chi connectivity index (χ0v) is 11.6. The van der Waals surface area contributed by atoms with E-state index >= 15 is 0 Å². The molecule has 0 saturated carbocycles. The van der Waals surface area contributed by atoms with Gasteiger partial charge in [0.05, 0.1) is 6.54 Å². The molecule has 2 fully saturated rings.